The molecule has 1 amide bonds. The Morgan fingerprint density at radius 2 is 1.84 bits per heavy atom. The number of pyridine rings is 1. The first-order chi connectivity index (χ1) is 15.0. The van der Waals surface area contributed by atoms with Crippen molar-refractivity contribution in [3.05, 3.63) is 59.3 Å². The lowest BCUT2D eigenvalue weighted by Crippen LogP contribution is -2.38. The predicted molar refractivity (Wildman–Crippen MR) is 115 cm³/mol. The van der Waals surface area contributed by atoms with E-state index in [1.807, 2.05) is 5.32 Å². The molecule has 2 aromatic rings. The molecule has 1 aromatic carbocycles. The molecule has 1 heterocycles. The molecule has 0 radical (unpaired) electrons. The number of hydrogen-bond donors (Lipinski definition) is 1. The van der Waals surface area contributed by atoms with E-state index in [1.54, 1.807) is 36.4 Å². The van der Waals surface area contributed by atoms with Crippen LogP contribution >= 0.6 is 11.6 Å². The van der Waals surface area contributed by atoms with E-state index in [2.05, 4.69) is 4.98 Å². The highest BCUT2D eigenvalue weighted by Gasteiger charge is 2.39. The number of rotatable bonds is 6. The number of carbonyl (C=O) groups is 1. The summed E-state index contributed by atoms with van der Waals surface area (Å²) in [7, 11) is -3.71. The Morgan fingerprint density at radius 3 is 2.47 bits per heavy atom. The summed E-state index contributed by atoms with van der Waals surface area (Å²) in [6.07, 6.45) is -0.358. The van der Waals surface area contributed by atoms with E-state index in [1.165, 1.54) is 13.1 Å². The van der Waals surface area contributed by atoms with Gasteiger partial charge in [0.05, 0.1) is 16.7 Å². The van der Waals surface area contributed by atoms with Gasteiger partial charge in [-0.25, -0.2) is 13.4 Å². The predicted octanol–water partition coefficient (Wildman–Crippen LogP) is 4.74. The van der Waals surface area contributed by atoms with Gasteiger partial charge in [0, 0.05) is 12.6 Å². The summed E-state index contributed by atoms with van der Waals surface area (Å²) in [4.78, 5) is 15.3. The molecule has 1 N–H and O–H groups in total. The Labute approximate surface area is 190 Å². The van der Waals surface area contributed by atoms with Crippen LogP contribution in [0.25, 0.3) is 0 Å². The van der Waals surface area contributed by atoms with Gasteiger partial charge in [-0.3, -0.25) is 4.79 Å². The van der Waals surface area contributed by atoms with Crippen molar-refractivity contribution in [2.75, 3.05) is 0 Å². The number of carbonyl (C=O) groups excluding carboxylic acids is 1. The fraction of sp³-hybridized carbons (Fsp3) is 0.455. The number of nitrogens with zero attached hydrogens (tertiary/aromatic N) is 1. The van der Waals surface area contributed by atoms with Gasteiger partial charge in [-0.1, -0.05) is 43.2 Å². The van der Waals surface area contributed by atoms with Crippen LogP contribution in [0, 0.1) is 0 Å². The maximum absolute atomic E-state index is 13.3. The van der Waals surface area contributed by atoms with E-state index in [4.69, 9.17) is 11.6 Å². The van der Waals surface area contributed by atoms with Crippen molar-refractivity contribution in [1.82, 2.24) is 10.3 Å². The van der Waals surface area contributed by atoms with Crippen LogP contribution in [0.3, 0.4) is 0 Å². The zero-order valence-electron chi connectivity index (χ0n) is 17.4. The number of sulfone groups is 1. The van der Waals surface area contributed by atoms with Crippen LogP contribution in [0.5, 0.6) is 0 Å². The Hall–Kier alpha value is -2.13. The molecule has 10 heteroatoms. The van der Waals surface area contributed by atoms with Gasteiger partial charge in [0.25, 0.3) is 0 Å². The standard InChI is InChI=1S/C22H24ClF3N2O3S/c1-14(28-21(29)22(24,25)26)16-10-8-15(9-11-16)13-17-5-4-12-27-20(17)32(30,31)19-7-3-2-6-18(19)23/h4-5,8-12,14,18-19H,2-3,6-7,13H2,1H3,(H,28,29)/t14-,18-,19+/m0/s1. The van der Waals surface area contributed by atoms with E-state index in [0.29, 0.717) is 24.0 Å². The van der Waals surface area contributed by atoms with Crippen LogP contribution in [0.4, 0.5) is 13.2 Å². The number of halogens is 4. The Balaban J connectivity index is 1.78. The second-order valence-electron chi connectivity index (χ2n) is 7.96. The minimum absolute atomic E-state index is 0.0208. The lowest BCUT2D eigenvalue weighted by molar-refractivity contribution is -0.174. The Morgan fingerprint density at radius 1 is 1.19 bits per heavy atom. The topological polar surface area (TPSA) is 76.1 Å². The van der Waals surface area contributed by atoms with Crippen molar-refractivity contribution in [2.45, 2.75) is 66.9 Å². The minimum Gasteiger partial charge on any atom is -0.342 e. The normalized spacial score (nSPS) is 20.5. The van der Waals surface area contributed by atoms with Crippen molar-refractivity contribution in [3.8, 4) is 0 Å². The molecule has 0 bridgehead atoms. The number of amides is 1. The molecular weight excluding hydrogens is 465 g/mol. The van der Waals surface area contributed by atoms with Gasteiger partial charge in [-0.2, -0.15) is 13.2 Å². The van der Waals surface area contributed by atoms with Gasteiger partial charge in [0.15, 0.2) is 14.9 Å². The first-order valence-electron chi connectivity index (χ1n) is 10.3. The number of aromatic nitrogens is 1. The molecule has 3 atom stereocenters. The third-order valence-corrected chi connectivity index (χ3v) is 8.56. The molecule has 1 aliphatic carbocycles. The molecule has 1 fully saturated rings. The minimum atomic E-state index is -4.95. The van der Waals surface area contributed by atoms with Crippen molar-refractivity contribution in [2.24, 2.45) is 0 Å². The molecular formula is C22H24ClF3N2O3S. The Kier molecular flexibility index (Phi) is 7.50. The quantitative estimate of drug-likeness (QED) is 0.596. The van der Waals surface area contributed by atoms with Gasteiger partial charge in [-0.05, 0) is 42.5 Å². The molecule has 0 unspecified atom stereocenters. The highest BCUT2D eigenvalue weighted by Crippen LogP contribution is 2.33. The maximum atomic E-state index is 13.3. The summed E-state index contributed by atoms with van der Waals surface area (Å²) < 4.78 is 63.9. The molecule has 0 saturated heterocycles. The number of nitrogens with one attached hydrogen (secondary N) is 1. The molecule has 1 aromatic heterocycles. The van der Waals surface area contributed by atoms with Crippen LogP contribution < -0.4 is 5.32 Å². The summed E-state index contributed by atoms with van der Waals surface area (Å²) in [5.41, 5.74) is 1.80. The van der Waals surface area contributed by atoms with Gasteiger partial charge in [0.2, 0.25) is 0 Å². The summed E-state index contributed by atoms with van der Waals surface area (Å²) in [5, 5.41) is 0.808. The monoisotopic (exact) mass is 488 g/mol. The van der Waals surface area contributed by atoms with Gasteiger partial charge in [0.1, 0.15) is 0 Å². The summed E-state index contributed by atoms with van der Waals surface area (Å²) >= 11 is 6.33. The van der Waals surface area contributed by atoms with E-state index in [0.717, 1.165) is 18.4 Å². The number of alkyl halides is 4. The van der Waals surface area contributed by atoms with Crippen LogP contribution in [0.2, 0.25) is 0 Å². The van der Waals surface area contributed by atoms with Gasteiger partial charge in [-0.15, -0.1) is 11.6 Å². The second-order valence-corrected chi connectivity index (χ2v) is 10.6. The van der Waals surface area contributed by atoms with Gasteiger partial charge < -0.3 is 5.32 Å². The van der Waals surface area contributed by atoms with Crippen molar-refractivity contribution < 1.29 is 26.4 Å². The van der Waals surface area contributed by atoms with Crippen molar-refractivity contribution in [3.63, 3.8) is 0 Å². The first kappa shape index (κ1) is 24.5. The zero-order valence-corrected chi connectivity index (χ0v) is 19.0. The SMILES string of the molecule is C[C@H](NC(=O)C(F)(F)F)c1ccc(Cc2cccnc2S(=O)(=O)[C@@H]2CCCC[C@@H]2Cl)cc1. The molecule has 0 spiro atoms. The fourth-order valence-corrected chi connectivity index (χ4v) is 6.55. The maximum Gasteiger partial charge on any atom is 0.471 e. The van der Waals surface area contributed by atoms with E-state index >= 15 is 0 Å². The highest BCUT2D eigenvalue weighted by molar-refractivity contribution is 7.92. The average Bonchev–Trinajstić information content (AvgIpc) is 2.74. The van der Waals surface area contributed by atoms with Crippen LogP contribution in [0.1, 0.15) is 55.3 Å². The van der Waals surface area contributed by atoms with E-state index in [9.17, 15) is 26.4 Å². The molecule has 5 nitrogen and oxygen atoms in total. The fourth-order valence-electron chi connectivity index (χ4n) is 3.87. The summed E-state index contributed by atoms with van der Waals surface area (Å²) in [6, 6.07) is 9.14. The second kappa shape index (κ2) is 9.79. The number of hydrogen-bond acceptors (Lipinski definition) is 4. The summed E-state index contributed by atoms with van der Waals surface area (Å²) in [5.74, 6) is -2.00. The molecule has 32 heavy (non-hydrogen) atoms. The summed E-state index contributed by atoms with van der Waals surface area (Å²) in [6.45, 7) is 1.46. The molecule has 3 rings (SSSR count). The van der Waals surface area contributed by atoms with Gasteiger partial charge >= 0.3 is 12.1 Å². The highest BCUT2D eigenvalue weighted by atomic mass is 35.5. The zero-order chi connectivity index (χ0) is 23.5. The van der Waals surface area contributed by atoms with Crippen LogP contribution in [-0.2, 0) is 21.1 Å². The lowest BCUT2D eigenvalue weighted by Gasteiger charge is -2.27. The average molecular weight is 489 g/mol. The van der Waals surface area contributed by atoms with Crippen molar-refractivity contribution in [1.29, 1.82) is 0 Å². The molecule has 1 aliphatic rings. The Bertz CT molecular complexity index is 1060. The largest absolute Gasteiger partial charge is 0.471 e. The molecule has 1 saturated carbocycles. The third-order valence-electron chi connectivity index (χ3n) is 5.62. The molecule has 0 aliphatic heterocycles. The van der Waals surface area contributed by atoms with Crippen LogP contribution in [-0.4, -0.2) is 36.1 Å². The molecule has 174 valence electrons. The van der Waals surface area contributed by atoms with Crippen LogP contribution in [0.15, 0.2) is 47.6 Å². The van der Waals surface area contributed by atoms with Crippen molar-refractivity contribution >= 4 is 27.3 Å². The van der Waals surface area contributed by atoms with E-state index in [-0.39, 0.29) is 11.4 Å². The lowest BCUT2D eigenvalue weighted by atomic mass is 10.00. The first-order valence-corrected chi connectivity index (χ1v) is 12.3. The number of benzene rings is 1. The third kappa shape index (κ3) is 5.61. The smallest absolute Gasteiger partial charge is 0.342 e. The van der Waals surface area contributed by atoms with E-state index < -0.39 is 38.6 Å².